The number of alkyl halides is 3. The fraction of sp³-hybridized carbons (Fsp3) is 0.0769. The van der Waals surface area contributed by atoms with E-state index in [1.807, 2.05) is 22.6 Å². The first-order valence-corrected chi connectivity index (χ1v) is 6.57. The van der Waals surface area contributed by atoms with Gasteiger partial charge in [-0.3, -0.25) is 0 Å². The molecule has 19 heavy (non-hydrogen) atoms. The van der Waals surface area contributed by atoms with Gasteiger partial charge in [0.1, 0.15) is 5.82 Å². The van der Waals surface area contributed by atoms with Crippen LogP contribution in [0.5, 0.6) is 0 Å². The normalized spacial score (nSPS) is 11.7. The lowest BCUT2D eigenvalue weighted by molar-refractivity contribution is -0.137. The molecule has 0 N–H and O–H groups in total. The first-order chi connectivity index (χ1) is 8.79. The summed E-state index contributed by atoms with van der Waals surface area (Å²) in [5, 5.41) is 0.197. The second-order valence-electron chi connectivity index (χ2n) is 3.82. The molecule has 2 aromatic rings. The Kier molecular flexibility index (Phi) is 4.06. The molecule has 6 heteroatoms. The Hall–Kier alpha value is -0.820. The van der Waals surface area contributed by atoms with Crippen LogP contribution in [0.25, 0.3) is 11.1 Å². The third-order valence-corrected chi connectivity index (χ3v) is 3.69. The largest absolute Gasteiger partial charge is 0.416 e. The zero-order valence-electron chi connectivity index (χ0n) is 9.23. The minimum atomic E-state index is -4.46. The van der Waals surface area contributed by atoms with Crippen LogP contribution in [-0.4, -0.2) is 0 Å². The number of benzene rings is 2. The average molecular weight is 401 g/mol. The van der Waals surface area contributed by atoms with Gasteiger partial charge in [-0.15, -0.1) is 0 Å². The zero-order chi connectivity index (χ0) is 14.2. The molecular weight excluding hydrogens is 394 g/mol. The molecule has 0 atom stereocenters. The number of rotatable bonds is 1. The Balaban J connectivity index is 2.61. The third-order valence-electron chi connectivity index (χ3n) is 2.51. The summed E-state index contributed by atoms with van der Waals surface area (Å²) in [5.41, 5.74) is -0.512. The summed E-state index contributed by atoms with van der Waals surface area (Å²) in [6.45, 7) is 0. The standard InChI is InChI=1S/C13H6ClF4I/c14-8-2-3-9(11(15)6-8)10-5-7(13(16,17)18)1-4-12(10)19/h1-6H. The SMILES string of the molecule is Fc1cc(Cl)ccc1-c1cc(C(F)(F)F)ccc1I. The van der Waals surface area contributed by atoms with Crippen molar-refractivity contribution in [3.63, 3.8) is 0 Å². The highest BCUT2D eigenvalue weighted by Crippen LogP contribution is 2.35. The van der Waals surface area contributed by atoms with E-state index in [-0.39, 0.29) is 16.1 Å². The monoisotopic (exact) mass is 400 g/mol. The molecule has 0 unspecified atom stereocenters. The topological polar surface area (TPSA) is 0 Å². The van der Waals surface area contributed by atoms with Crippen molar-refractivity contribution in [1.29, 1.82) is 0 Å². The molecule has 0 heterocycles. The number of halogens is 6. The first kappa shape index (κ1) is 14.6. The van der Waals surface area contributed by atoms with E-state index in [1.165, 1.54) is 18.2 Å². The smallest absolute Gasteiger partial charge is 0.206 e. The van der Waals surface area contributed by atoms with Crippen molar-refractivity contribution in [3.05, 3.63) is 56.4 Å². The minimum Gasteiger partial charge on any atom is -0.206 e. The molecule has 0 spiro atoms. The Bertz CT molecular complexity index is 623. The minimum absolute atomic E-state index is 0.0971. The van der Waals surface area contributed by atoms with Crippen molar-refractivity contribution < 1.29 is 17.6 Å². The van der Waals surface area contributed by atoms with Crippen molar-refractivity contribution >= 4 is 34.2 Å². The molecule has 100 valence electrons. The fourth-order valence-electron chi connectivity index (χ4n) is 1.62. The molecule has 0 radical (unpaired) electrons. The lowest BCUT2D eigenvalue weighted by Gasteiger charge is -2.11. The summed E-state index contributed by atoms with van der Waals surface area (Å²) in [7, 11) is 0. The van der Waals surface area contributed by atoms with Crippen LogP contribution in [0.15, 0.2) is 36.4 Å². The van der Waals surface area contributed by atoms with E-state index in [4.69, 9.17) is 11.6 Å². The zero-order valence-corrected chi connectivity index (χ0v) is 12.1. The van der Waals surface area contributed by atoms with E-state index < -0.39 is 17.6 Å². The summed E-state index contributed by atoms with van der Waals surface area (Å²) < 4.78 is 52.3. The Morgan fingerprint density at radius 2 is 1.63 bits per heavy atom. The molecular formula is C13H6ClF4I. The van der Waals surface area contributed by atoms with E-state index in [1.54, 1.807) is 0 Å². The van der Waals surface area contributed by atoms with Crippen LogP contribution in [0.3, 0.4) is 0 Å². The highest BCUT2D eigenvalue weighted by Gasteiger charge is 2.31. The molecule has 0 aliphatic carbocycles. The van der Waals surface area contributed by atoms with Gasteiger partial charge >= 0.3 is 6.18 Å². The van der Waals surface area contributed by atoms with E-state index in [0.29, 0.717) is 3.57 Å². The van der Waals surface area contributed by atoms with Crippen LogP contribution in [0.2, 0.25) is 5.02 Å². The molecule has 0 nitrogen and oxygen atoms in total. The van der Waals surface area contributed by atoms with E-state index >= 15 is 0 Å². The van der Waals surface area contributed by atoms with Gasteiger partial charge in [-0.05, 0) is 64.6 Å². The lowest BCUT2D eigenvalue weighted by Crippen LogP contribution is -2.05. The average Bonchev–Trinajstić information content (AvgIpc) is 2.29. The molecule has 0 aliphatic heterocycles. The van der Waals surface area contributed by atoms with Gasteiger partial charge in [0.25, 0.3) is 0 Å². The molecule has 0 aromatic heterocycles. The molecule has 0 saturated heterocycles. The van der Waals surface area contributed by atoms with Gasteiger partial charge in [-0.2, -0.15) is 13.2 Å². The summed E-state index contributed by atoms with van der Waals surface area (Å²) in [5.74, 6) is -0.648. The summed E-state index contributed by atoms with van der Waals surface area (Å²) in [6, 6.07) is 7.11. The van der Waals surface area contributed by atoms with Crippen LogP contribution in [0.1, 0.15) is 5.56 Å². The Labute approximate surface area is 125 Å². The third kappa shape index (κ3) is 3.20. The Morgan fingerprint density at radius 3 is 2.21 bits per heavy atom. The van der Waals surface area contributed by atoms with Crippen LogP contribution in [-0.2, 0) is 6.18 Å². The van der Waals surface area contributed by atoms with Crippen molar-refractivity contribution in [1.82, 2.24) is 0 Å². The predicted molar refractivity (Wildman–Crippen MR) is 74.6 cm³/mol. The molecule has 0 fully saturated rings. The van der Waals surface area contributed by atoms with E-state index in [9.17, 15) is 17.6 Å². The molecule has 0 saturated carbocycles. The van der Waals surface area contributed by atoms with Crippen molar-refractivity contribution in [3.8, 4) is 11.1 Å². The van der Waals surface area contributed by atoms with Gasteiger partial charge in [-0.1, -0.05) is 11.6 Å². The van der Waals surface area contributed by atoms with Gasteiger partial charge in [0.05, 0.1) is 5.56 Å². The van der Waals surface area contributed by atoms with E-state index in [0.717, 1.165) is 18.2 Å². The fourth-order valence-corrected chi connectivity index (χ4v) is 2.40. The number of hydrogen-bond donors (Lipinski definition) is 0. The molecule has 2 aromatic carbocycles. The summed E-state index contributed by atoms with van der Waals surface area (Å²) >= 11 is 7.49. The summed E-state index contributed by atoms with van der Waals surface area (Å²) in [4.78, 5) is 0. The van der Waals surface area contributed by atoms with Gasteiger partial charge in [0, 0.05) is 14.2 Å². The highest BCUT2D eigenvalue weighted by atomic mass is 127. The Morgan fingerprint density at radius 1 is 0.947 bits per heavy atom. The maximum Gasteiger partial charge on any atom is 0.416 e. The van der Waals surface area contributed by atoms with Crippen LogP contribution >= 0.6 is 34.2 Å². The van der Waals surface area contributed by atoms with Crippen molar-refractivity contribution in [2.24, 2.45) is 0 Å². The second-order valence-corrected chi connectivity index (χ2v) is 5.42. The molecule has 0 bridgehead atoms. The van der Waals surface area contributed by atoms with Crippen LogP contribution in [0, 0.1) is 9.39 Å². The van der Waals surface area contributed by atoms with E-state index in [2.05, 4.69) is 0 Å². The summed E-state index contributed by atoms with van der Waals surface area (Å²) in [6.07, 6.45) is -4.46. The molecule has 2 rings (SSSR count). The maximum atomic E-state index is 13.8. The lowest BCUT2D eigenvalue weighted by atomic mass is 10.0. The number of hydrogen-bond acceptors (Lipinski definition) is 0. The molecule has 0 aliphatic rings. The quantitative estimate of drug-likeness (QED) is 0.421. The van der Waals surface area contributed by atoms with Crippen molar-refractivity contribution in [2.75, 3.05) is 0 Å². The van der Waals surface area contributed by atoms with Crippen LogP contribution < -0.4 is 0 Å². The van der Waals surface area contributed by atoms with Crippen LogP contribution in [0.4, 0.5) is 17.6 Å². The van der Waals surface area contributed by atoms with Gasteiger partial charge in [0.2, 0.25) is 0 Å². The van der Waals surface area contributed by atoms with Crippen molar-refractivity contribution in [2.45, 2.75) is 6.18 Å². The second kappa shape index (κ2) is 5.28. The van der Waals surface area contributed by atoms with Gasteiger partial charge < -0.3 is 0 Å². The maximum absolute atomic E-state index is 13.8. The first-order valence-electron chi connectivity index (χ1n) is 5.11. The van der Waals surface area contributed by atoms with Gasteiger partial charge in [0.15, 0.2) is 0 Å². The molecule has 0 amide bonds. The van der Waals surface area contributed by atoms with Gasteiger partial charge in [-0.25, -0.2) is 4.39 Å². The predicted octanol–water partition coefficient (Wildman–Crippen LogP) is 5.77. The highest BCUT2D eigenvalue weighted by molar-refractivity contribution is 14.1.